The van der Waals surface area contributed by atoms with Gasteiger partial charge in [0.05, 0.1) is 5.92 Å². The summed E-state index contributed by atoms with van der Waals surface area (Å²) in [5.41, 5.74) is -2.05. The van der Waals surface area contributed by atoms with Crippen molar-refractivity contribution >= 4 is 28.9 Å². The molecular formula is C11H12O5. The van der Waals surface area contributed by atoms with Crippen molar-refractivity contribution in [2.75, 3.05) is 0 Å². The predicted molar refractivity (Wildman–Crippen MR) is 52.6 cm³/mol. The van der Waals surface area contributed by atoms with Crippen LogP contribution in [-0.2, 0) is 24.0 Å². The Morgan fingerprint density at radius 3 is 1.75 bits per heavy atom. The summed E-state index contributed by atoms with van der Waals surface area (Å²) in [7, 11) is 0. The summed E-state index contributed by atoms with van der Waals surface area (Å²) in [6.07, 6.45) is -0.340. The van der Waals surface area contributed by atoms with E-state index in [1.165, 1.54) is 6.92 Å². The highest BCUT2D eigenvalue weighted by Gasteiger charge is 2.62. The molecule has 1 aliphatic carbocycles. The molecule has 16 heavy (non-hydrogen) atoms. The van der Waals surface area contributed by atoms with Gasteiger partial charge in [-0.3, -0.25) is 24.0 Å². The van der Waals surface area contributed by atoms with E-state index >= 15 is 0 Å². The maximum absolute atomic E-state index is 11.7. The third kappa shape index (κ3) is 1.35. The summed E-state index contributed by atoms with van der Waals surface area (Å²) in [6.45, 7) is 3.30. The molecule has 0 aliphatic heterocycles. The van der Waals surface area contributed by atoms with Gasteiger partial charge in [-0.1, -0.05) is 0 Å². The molecule has 0 radical (unpaired) electrons. The van der Waals surface area contributed by atoms with Crippen LogP contribution in [0.1, 0.15) is 27.2 Å². The maximum Gasteiger partial charge on any atom is 0.220 e. The van der Waals surface area contributed by atoms with Crippen LogP contribution in [0.3, 0.4) is 0 Å². The van der Waals surface area contributed by atoms with Crippen LogP contribution >= 0.6 is 0 Å². The highest BCUT2D eigenvalue weighted by molar-refractivity contribution is 6.52. The summed E-state index contributed by atoms with van der Waals surface area (Å²) in [5.74, 6) is -4.91. The van der Waals surface area contributed by atoms with E-state index < -0.39 is 40.2 Å². The number of rotatable bonds is 3. The summed E-state index contributed by atoms with van der Waals surface area (Å²) >= 11 is 0. The topological polar surface area (TPSA) is 85.3 Å². The molecule has 0 aromatic carbocycles. The summed E-state index contributed by atoms with van der Waals surface area (Å²) < 4.78 is 0. The van der Waals surface area contributed by atoms with Crippen molar-refractivity contribution in [3.8, 4) is 0 Å². The zero-order valence-corrected chi connectivity index (χ0v) is 9.33. The van der Waals surface area contributed by atoms with Gasteiger partial charge in [0.25, 0.3) is 0 Å². The van der Waals surface area contributed by atoms with Crippen molar-refractivity contribution in [3.05, 3.63) is 0 Å². The fourth-order valence-electron chi connectivity index (χ4n) is 2.32. The van der Waals surface area contributed by atoms with Crippen LogP contribution in [0.2, 0.25) is 0 Å². The van der Waals surface area contributed by atoms with Crippen LogP contribution < -0.4 is 0 Å². The normalized spacial score (nSPS) is 23.3. The van der Waals surface area contributed by atoms with Gasteiger partial charge in [0.15, 0.2) is 17.0 Å². The lowest BCUT2D eigenvalue weighted by Gasteiger charge is -2.25. The van der Waals surface area contributed by atoms with Crippen LogP contribution in [0.4, 0.5) is 0 Å². The zero-order valence-electron chi connectivity index (χ0n) is 9.33. The van der Waals surface area contributed by atoms with Gasteiger partial charge >= 0.3 is 0 Å². The smallest absolute Gasteiger partial charge is 0.220 e. The molecule has 1 fully saturated rings. The molecule has 5 heteroatoms. The van der Waals surface area contributed by atoms with Gasteiger partial charge in [-0.2, -0.15) is 0 Å². The van der Waals surface area contributed by atoms with Crippen molar-refractivity contribution in [1.82, 2.24) is 0 Å². The molecule has 1 saturated carbocycles. The molecule has 1 aliphatic rings. The van der Waals surface area contributed by atoms with Crippen molar-refractivity contribution in [1.29, 1.82) is 0 Å². The van der Waals surface area contributed by atoms with E-state index in [4.69, 9.17) is 0 Å². The molecule has 0 spiro atoms. The quantitative estimate of drug-likeness (QED) is 0.493. The van der Waals surface area contributed by atoms with Gasteiger partial charge in [-0.25, -0.2) is 0 Å². The molecule has 0 heterocycles. The average molecular weight is 224 g/mol. The Morgan fingerprint density at radius 1 is 1.06 bits per heavy atom. The van der Waals surface area contributed by atoms with Gasteiger partial charge in [0.1, 0.15) is 5.78 Å². The van der Waals surface area contributed by atoms with E-state index in [2.05, 4.69) is 0 Å². The Balaban J connectivity index is 3.48. The van der Waals surface area contributed by atoms with Crippen LogP contribution in [0.25, 0.3) is 0 Å². The lowest BCUT2D eigenvalue weighted by Crippen LogP contribution is -2.48. The molecule has 0 saturated heterocycles. The second-order valence-corrected chi connectivity index (χ2v) is 4.04. The molecule has 1 rings (SSSR count). The first-order chi connectivity index (χ1) is 7.26. The SMILES string of the molecule is CC(=O)C1CC(=O)C(=O)C1(C(C)=O)C(C)=O. The number of hydrogen-bond donors (Lipinski definition) is 0. The van der Waals surface area contributed by atoms with Crippen LogP contribution in [0.5, 0.6) is 0 Å². The lowest BCUT2D eigenvalue weighted by atomic mass is 9.70. The van der Waals surface area contributed by atoms with Crippen molar-refractivity contribution in [3.63, 3.8) is 0 Å². The van der Waals surface area contributed by atoms with E-state index in [1.807, 2.05) is 0 Å². The van der Waals surface area contributed by atoms with E-state index in [9.17, 15) is 24.0 Å². The number of hydrogen-bond acceptors (Lipinski definition) is 5. The molecule has 1 atom stereocenters. The fraction of sp³-hybridized carbons (Fsp3) is 0.545. The minimum atomic E-state index is -2.05. The van der Waals surface area contributed by atoms with Crippen molar-refractivity contribution < 1.29 is 24.0 Å². The second-order valence-electron chi connectivity index (χ2n) is 4.04. The standard InChI is InChI=1S/C11H12O5/c1-5(12)8-4-9(15)10(16)11(8,6(2)13)7(3)14/h8H,4H2,1-3H3. The highest BCUT2D eigenvalue weighted by atomic mass is 16.2. The third-order valence-electron chi connectivity index (χ3n) is 3.12. The monoisotopic (exact) mass is 224 g/mol. The fourth-order valence-corrected chi connectivity index (χ4v) is 2.32. The molecule has 0 bridgehead atoms. The first-order valence-corrected chi connectivity index (χ1v) is 4.86. The molecular weight excluding hydrogens is 212 g/mol. The Bertz CT molecular complexity index is 404. The van der Waals surface area contributed by atoms with Gasteiger partial charge in [0.2, 0.25) is 11.6 Å². The van der Waals surface area contributed by atoms with E-state index in [0.717, 1.165) is 13.8 Å². The summed E-state index contributed by atoms with van der Waals surface area (Å²) in [5, 5.41) is 0. The van der Waals surface area contributed by atoms with Gasteiger partial charge < -0.3 is 0 Å². The minimum absolute atomic E-state index is 0.340. The van der Waals surface area contributed by atoms with Crippen LogP contribution in [-0.4, -0.2) is 28.9 Å². The Kier molecular flexibility index (Phi) is 2.90. The first kappa shape index (κ1) is 12.4. The van der Waals surface area contributed by atoms with E-state index in [0.29, 0.717) is 0 Å². The molecule has 1 unspecified atom stereocenters. The summed E-state index contributed by atoms with van der Waals surface area (Å²) in [6, 6.07) is 0. The Labute approximate surface area is 92.2 Å². The lowest BCUT2D eigenvalue weighted by molar-refractivity contribution is -0.153. The predicted octanol–water partition coefficient (Wildman–Crippen LogP) is -0.102. The van der Waals surface area contributed by atoms with Crippen LogP contribution in [0, 0.1) is 11.3 Å². The number of Topliss-reactive ketones (excluding diaryl/α,β-unsaturated/α-hetero) is 5. The first-order valence-electron chi connectivity index (χ1n) is 4.86. The molecule has 0 aromatic rings. The van der Waals surface area contributed by atoms with E-state index in [1.54, 1.807) is 0 Å². The maximum atomic E-state index is 11.7. The van der Waals surface area contributed by atoms with Crippen molar-refractivity contribution in [2.45, 2.75) is 27.2 Å². The number of carbonyl (C=O) groups excluding carboxylic acids is 5. The number of ketones is 5. The summed E-state index contributed by atoms with van der Waals surface area (Å²) in [4.78, 5) is 57.4. The Morgan fingerprint density at radius 2 is 1.50 bits per heavy atom. The minimum Gasteiger partial charge on any atom is -0.300 e. The van der Waals surface area contributed by atoms with Gasteiger partial charge in [0, 0.05) is 6.42 Å². The highest BCUT2D eigenvalue weighted by Crippen LogP contribution is 2.41. The number of carbonyl (C=O) groups is 5. The van der Waals surface area contributed by atoms with E-state index in [-0.39, 0.29) is 6.42 Å². The third-order valence-corrected chi connectivity index (χ3v) is 3.12. The average Bonchev–Trinajstić information content (AvgIpc) is 2.40. The second kappa shape index (κ2) is 3.73. The molecule has 0 aromatic heterocycles. The molecule has 86 valence electrons. The zero-order chi connectivity index (χ0) is 12.7. The molecule has 0 amide bonds. The van der Waals surface area contributed by atoms with Crippen LogP contribution in [0.15, 0.2) is 0 Å². The largest absolute Gasteiger partial charge is 0.300 e. The molecule has 5 nitrogen and oxygen atoms in total. The van der Waals surface area contributed by atoms with Gasteiger partial charge in [-0.05, 0) is 20.8 Å². The van der Waals surface area contributed by atoms with Gasteiger partial charge in [-0.15, -0.1) is 0 Å². The molecule has 0 N–H and O–H groups in total. The Hall–Kier alpha value is -1.65. The van der Waals surface area contributed by atoms with Crippen molar-refractivity contribution in [2.24, 2.45) is 11.3 Å².